The van der Waals surface area contributed by atoms with Gasteiger partial charge < -0.3 is 16.0 Å². The van der Waals surface area contributed by atoms with E-state index in [4.69, 9.17) is 5.73 Å². The summed E-state index contributed by atoms with van der Waals surface area (Å²) in [5, 5.41) is 3.34. The third-order valence-corrected chi connectivity index (χ3v) is 1.15. The molecule has 1 aliphatic heterocycles. The number of nitrogens with zero attached hydrogens (tertiary/aromatic N) is 1. The molecule has 0 bridgehead atoms. The highest BCUT2D eigenvalue weighted by Gasteiger charge is 2.03. The minimum absolute atomic E-state index is 0.409. The first-order valence-corrected chi connectivity index (χ1v) is 2.67. The molecular weight excluding hydrogens is 122 g/mol. The van der Waals surface area contributed by atoms with E-state index in [1.54, 1.807) is 11.1 Å². The molecule has 0 aliphatic carbocycles. The Morgan fingerprint density at radius 3 is 2.88 bits per heavy atom. The summed E-state index contributed by atoms with van der Waals surface area (Å²) in [5.41, 5.74) is 5.26. The van der Waals surface area contributed by atoms with Crippen LogP contribution in [0.3, 0.4) is 0 Å². The topological polar surface area (TPSA) is 41.3 Å². The minimum atomic E-state index is 0.409. The minimum Gasteiger partial charge on any atom is -0.376 e. The molecule has 0 amide bonds. The first kappa shape index (κ1) is 5.37. The van der Waals surface area contributed by atoms with Crippen LogP contribution in [0.2, 0.25) is 0 Å². The second-order valence-electron chi connectivity index (χ2n) is 1.49. The Bertz CT molecular complexity index is 131. The molecule has 3 N–H and O–H groups in total. The van der Waals surface area contributed by atoms with Gasteiger partial charge in [0.15, 0.2) is 5.11 Å². The van der Waals surface area contributed by atoms with Gasteiger partial charge in [0.05, 0.1) is 6.67 Å². The van der Waals surface area contributed by atoms with Crippen molar-refractivity contribution in [1.82, 2.24) is 10.2 Å². The zero-order valence-corrected chi connectivity index (χ0v) is 5.11. The molecule has 0 aromatic heterocycles. The molecule has 44 valence electrons. The molecule has 1 aliphatic rings. The van der Waals surface area contributed by atoms with Crippen molar-refractivity contribution in [3.8, 4) is 0 Å². The van der Waals surface area contributed by atoms with Crippen molar-refractivity contribution in [2.75, 3.05) is 6.67 Å². The zero-order chi connectivity index (χ0) is 5.98. The Hall–Kier alpha value is -0.770. The van der Waals surface area contributed by atoms with Crippen LogP contribution in [0.5, 0.6) is 0 Å². The van der Waals surface area contributed by atoms with Crippen LogP contribution in [-0.2, 0) is 0 Å². The highest BCUT2D eigenvalue weighted by molar-refractivity contribution is 7.80. The maximum absolute atomic E-state index is 5.26. The molecule has 0 radical (unpaired) electrons. The number of thiocarbonyl (C=S) groups is 1. The third kappa shape index (κ3) is 0.894. The quantitative estimate of drug-likeness (QED) is 0.435. The van der Waals surface area contributed by atoms with Gasteiger partial charge in [-0.2, -0.15) is 0 Å². The van der Waals surface area contributed by atoms with Gasteiger partial charge in [0.2, 0.25) is 0 Å². The predicted molar refractivity (Wildman–Crippen MR) is 35.8 cm³/mol. The highest BCUT2D eigenvalue weighted by atomic mass is 32.1. The number of nitrogens with one attached hydrogen (secondary N) is 1. The first-order valence-electron chi connectivity index (χ1n) is 2.27. The second kappa shape index (κ2) is 2.00. The molecule has 0 aromatic rings. The number of rotatable bonds is 0. The largest absolute Gasteiger partial charge is 0.376 e. The van der Waals surface area contributed by atoms with Gasteiger partial charge in [-0.25, -0.2) is 0 Å². The SMILES string of the molecule is NC(=S)N1C=CNC1. The average Bonchev–Trinajstić information content (AvgIpc) is 2.12. The van der Waals surface area contributed by atoms with Crippen LogP contribution < -0.4 is 11.1 Å². The number of hydrogen-bond acceptors (Lipinski definition) is 2. The van der Waals surface area contributed by atoms with Crippen molar-refractivity contribution in [2.45, 2.75) is 0 Å². The summed E-state index contributed by atoms with van der Waals surface area (Å²) in [4.78, 5) is 1.75. The predicted octanol–water partition coefficient (Wildman–Crippen LogP) is -0.436. The van der Waals surface area contributed by atoms with Crippen LogP contribution in [0.1, 0.15) is 0 Å². The fourth-order valence-electron chi connectivity index (χ4n) is 0.498. The smallest absolute Gasteiger partial charge is 0.171 e. The van der Waals surface area contributed by atoms with Gasteiger partial charge >= 0.3 is 0 Å². The van der Waals surface area contributed by atoms with Crippen molar-refractivity contribution in [3.63, 3.8) is 0 Å². The summed E-state index contributed by atoms with van der Waals surface area (Å²) in [6.07, 6.45) is 3.61. The van der Waals surface area contributed by atoms with Crippen molar-refractivity contribution in [2.24, 2.45) is 5.73 Å². The maximum Gasteiger partial charge on any atom is 0.171 e. The van der Waals surface area contributed by atoms with E-state index in [2.05, 4.69) is 17.5 Å². The van der Waals surface area contributed by atoms with Gasteiger partial charge in [-0.05, 0) is 12.2 Å². The zero-order valence-electron chi connectivity index (χ0n) is 4.29. The molecular formula is C4H7N3S. The summed E-state index contributed by atoms with van der Waals surface area (Å²) in [6.45, 7) is 0.704. The molecule has 4 heteroatoms. The summed E-state index contributed by atoms with van der Waals surface area (Å²) >= 11 is 4.67. The van der Waals surface area contributed by atoms with Crippen molar-refractivity contribution in [3.05, 3.63) is 12.4 Å². The lowest BCUT2D eigenvalue weighted by Gasteiger charge is -2.09. The van der Waals surface area contributed by atoms with Crippen molar-refractivity contribution >= 4 is 17.3 Å². The fourth-order valence-corrected chi connectivity index (χ4v) is 0.623. The molecule has 0 unspecified atom stereocenters. The monoisotopic (exact) mass is 129 g/mol. The van der Waals surface area contributed by atoms with Crippen LogP contribution in [0.15, 0.2) is 12.4 Å². The van der Waals surface area contributed by atoms with E-state index < -0.39 is 0 Å². The van der Waals surface area contributed by atoms with Crippen LogP contribution >= 0.6 is 12.2 Å². The Kier molecular flexibility index (Phi) is 1.34. The third-order valence-electron chi connectivity index (χ3n) is 0.917. The lowest BCUT2D eigenvalue weighted by molar-refractivity contribution is 0.576. The van der Waals surface area contributed by atoms with Gasteiger partial charge in [-0.1, -0.05) is 0 Å². The molecule has 0 aromatic carbocycles. The van der Waals surface area contributed by atoms with Crippen molar-refractivity contribution < 1.29 is 0 Å². The van der Waals surface area contributed by atoms with Crippen molar-refractivity contribution in [1.29, 1.82) is 0 Å². The summed E-state index contributed by atoms with van der Waals surface area (Å²) in [5.74, 6) is 0. The number of hydrogen-bond donors (Lipinski definition) is 2. The molecule has 0 saturated carbocycles. The lowest BCUT2D eigenvalue weighted by Crippen LogP contribution is -2.32. The van der Waals surface area contributed by atoms with Crippen LogP contribution in [0.4, 0.5) is 0 Å². The molecule has 1 heterocycles. The average molecular weight is 129 g/mol. The second-order valence-corrected chi connectivity index (χ2v) is 1.90. The standard InChI is InChI=1S/C4H7N3S/c5-4(8)7-2-1-6-3-7/h1-2,6H,3H2,(H2,5,8). The molecule has 1 rings (SSSR count). The summed E-state index contributed by atoms with van der Waals surface area (Å²) in [7, 11) is 0. The molecule has 3 nitrogen and oxygen atoms in total. The fraction of sp³-hybridized carbons (Fsp3) is 0.250. The van der Waals surface area contributed by atoms with E-state index in [0.29, 0.717) is 11.8 Å². The summed E-state index contributed by atoms with van der Waals surface area (Å²) in [6, 6.07) is 0. The Morgan fingerprint density at radius 1 is 1.88 bits per heavy atom. The van der Waals surface area contributed by atoms with E-state index in [1.807, 2.05) is 6.20 Å². The molecule has 8 heavy (non-hydrogen) atoms. The van der Waals surface area contributed by atoms with E-state index in [1.165, 1.54) is 0 Å². The maximum atomic E-state index is 5.26. The number of nitrogens with two attached hydrogens (primary N) is 1. The van der Waals surface area contributed by atoms with E-state index in [0.717, 1.165) is 0 Å². The Labute approximate surface area is 53.1 Å². The molecule has 0 atom stereocenters. The van der Waals surface area contributed by atoms with Gasteiger partial charge in [-0.3, -0.25) is 0 Å². The van der Waals surface area contributed by atoms with E-state index in [-0.39, 0.29) is 0 Å². The summed E-state index contributed by atoms with van der Waals surface area (Å²) < 4.78 is 0. The Morgan fingerprint density at radius 2 is 2.62 bits per heavy atom. The normalized spacial score (nSPS) is 16.2. The highest BCUT2D eigenvalue weighted by Crippen LogP contribution is 1.91. The molecule has 0 saturated heterocycles. The molecule has 0 fully saturated rings. The lowest BCUT2D eigenvalue weighted by atomic mass is 10.8. The van der Waals surface area contributed by atoms with Gasteiger partial charge in [0.25, 0.3) is 0 Å². The van der Waals surface area contributed by atoms with E-state index >= 15 is 0 Å². The van der Waals surface area contributed by atoms with Crippen LogP contribution in [0, 0.1) is 0 Å². The van der Waals surface area contributed by atoms with Gasteiger partial charge in [0.1, 0.15) is 0 Å². The van der Waals surface area contributed by atoms with E-state index in [9.17, 15) is 0 Å². The van der Waals surface area contributed by atoms with Gasteiger partial charge in [0, 0.05) is 12.4 Å². The van der Waals surface area contributed by atoms with Crippen LogP contribution in [-0.4, -0.2) is 16.7 Å². The van der Waals surface area contributed by atoms with Crippen LogP contribution in [0.25, 0.3) is 0 Å². The molecule has 0 spiro atoms. The Balaban J connectivity index is 2.48. The first-order chi connectivity index (χ1) is 3.80. The van der Waals surface area contributed by atoms with Gasteiger partial charge in [-0.15, -0.1) is 0 Å².